The van der Waals surface area contributed by atoms with Gasteiger partial charge >= 0.3 is 0 Å². The molecule has 0 aliphatic heterocycles. The summed E-state index contributed by atoms with van der Waals surface area (Å²) in [4.78, 5) is 16.0. The molecule has 5 nitrogen and oxygen atoms in total. The predicted molar refractivity (Wildman–Crippen MR) is 81.6 cm³/mol. The molecule has 0 fully saturated rings. The van der Waals surface area contributed by atoms with Crippen LogP contribution in [0.2, 0.25) is 0 Å². The van der Waals surface area contributed by atoms with Crippen LogP contribution in [0.1, 0.15) is 24.2 Å². The van der Waals surface area contributed by atoms with Crippen LogP contribution < -0.4 is 16.8 Å². The van der Waals surface area contributed by atoms with E-state index in [1.54, 1.807) is 6.07 Å². The third-order valence-electron chi connectivity index (χ3n) is 3.36. The van der Waals surface area contributed by atoms with Crippen molar-refractivity contribution in [1.82, 2.24) is 4.98 Å². The van der Waals surface area contributed by atoms with Gasteiger partial charge in [-0.3, -0.25) is 4.79 Å². The Balaban J connectivity index is 2.33. The Bertz CT molecular complexity index is 624. The van der Waals surface area contributed by atoms with E-state index in [0.717, 1.165) is 10.9 Å². The topological polar surface area (TPSA) is 94.0 Å². The number of benzene rings is 1. The van der Waals surface area contributed by atoms with Crippen molar-refractivity contribution in [3.8, 4) is 0 Å². The van der Waals surface area contributed by atoms with Gasteiger partial charge in [0.15, 0.2) is 0 Å². The van der Waals surface area contributed by atoms with Crippen molar-refractivity contribution in [1.29, 1.82) is 0 Å². The first kappa shape index (κ1) is 14.3. The monoisotopic (exact) mass is 272 g/mol. The molecule has 0 spiro atoms. The standard InChI is InChI=1S/C15H20N4O/c1-9(2)12(16)8-18-14-7-11(15(17)20)10-5-3-4-6-13(10)19-14/h3-7,9,12H,8,16H2,1-2H3,(H2,17,20)(H,18,19). The number of amides is 1. The second-order valence-corrected chi connectivity index (χ2v) is 5.23. The Morgan fingerprint density at radius 1 is 1.35 bits per heavy atom. The summed E-state index contributed by atoms with van der Waals surface area (Å²) in [6, 6.07) is 9.14. The van der Waals surface area contributed by atoms with E-state index in [-0.39, 0.29) is 6.04 Å². The van der Waals surface area contributed by atoms with Crippen molar-refractivity contribution in [2.24, 2.45) is 17.4 Å². The highest BCUT2D eigenvalue weighted by atomic mass is 16.1. The number of nitrogens with two attached hydrogens (primary N) is 2. The molecule has 0 saturated carbocycles. The van der Waals surface area contributed by atoms with E-state index in [1.165, 1.54) is 0 Å². The lowest BCUT2D eigenvalue weighted by Crippen LogP contribution is -2.34. The molecule has 1 heterocycles. The Morgan fingerprint density at radius 2 is 2.05 bits per heavy atom. The quantitative estimate of drug-likeness (QED) is 0.772. The van der Waals surface area contributed by atoms with Crippen molar-refractivity contribution < 1.29 is 4.79 Å². The lowest BCUT2D eigenvalue weighted by molar-refractivity contribution is 0.100. The van der Waals surface area contributed by atoms with E-state index >= 15 is 0 Å². The minimum atomic E-state index is -0.459. The molecule has 2 aromatic rings. The molecule has 1 aromatic heterocycles. The Kier molecular flexibility index (Phi) is 4.20. The molecule has 0 bridgehead atoms. The molecule has 1 atom stereocenters. The highest BCUT2D eigenvalue weighted by Crippen LogP contribution is 2.20. The van der Waals surface area contributed by atoms with Crippen LogP contribution in [-0.2, 0) is 0 Å². The van der Waals surface area contributed by atoms with Crippen molar-refractivity contribution in [2.75, 3.05) is 11.9 Å². The normalized spacial score (nSPS) is 12.6. The van der Waals surface area contributed by atoms with Crippen molar-refractivity contribution in [3.63, 3.8) is 0 Å². The van der Waals surface area contributed by atoms with Gasteiger partial charge in [0.25, 0.3) is 0 Å². The molecule has 1 unspecified atom stereocenters. The summed E-state index contributed by atoms with van der Waals surface area (Å²) in [7, 11) is 0. The fraction of sp³-hybridized carbons (Fsp3) is 0.333. The molecule has 20 heavy (non-hydrogen) atoms. The smallest absolute Gasteiger partial charge is 0.249 e. The number of nitrogens with one attached hydrogen (secondary N) is 1. The number of pyridine rings is 1. The van der Waals surface area contributed by atoms with Crippen molar-refractivity contribution in [2.45, 2.75) is 19.9 Å². The van der Waals surface area contributed by atoms with Gasteiger partial charge in [-0.2, -0.15) is 0 Å². The number of hydrogen-bond acceptors (Lipinski definition) is 4. The summed E-state index contributed by atoms with van der Waals surface area (Å²) in [5.41, 5.74) is 12.6. The SMILES string of the molecule is CC(C)C(N)CNc1cc(C(N)=O)c2ccccc2n1. The number of carbonyl (C=O) groups is 1. The van der Waals surface area contributed by atoms with Crippen LogP contribution in [0.3, 0.4) is 0 Å². The molecule has 1 aromatic carbocycles. The number of fused-ring (bicyclic) bond motifs is 1. The number of carbonyl (C=O) groups excluding carboxylic acids is 1. The first-order chi connectivity index (χ1) is 9.49. The zero-order valence-corrected chi connectivity index (χ0v) is 11.8. The van der Waals surface area contributed by atoms with Crippen molar-refractivity contribution >= 4 is 22.6 Å². The maximum Gasteiger partial charge on any atom is 0.249 e. The highest BCUT2D eigenvalue weighted by Gasteiger charge is 2.11. The fourth-order valence-electron chi connectivity index (χ4n) is 1.93. The van der Waals surface area contributed by atoms with Gasteiger partial charge in [-0.25, -0.2) is 4.98 Å². The van der Waals surface area contributed by atoms with Gasteiger partial charge in [0.05, 0.1) is 11.1 Å². The molecule has 0 saturated heterocycles. The lowest BCUT2D eigenvalue weighted by atomic mass is 10.1. The van der Waals surface area contributed by atoms with Gasteiger partial charge in [-0.05, 0) is 18.1 Å². The van der Waals surface area contributed by atoms with Gasteiger partial charge in [0, 0.05) is 18.0 Å². The van der Waals surface area contributed by atoms with E-state index in [2.05, 4.69) is 24.1 Å². The predicted octanol–water partition coefficient (Wildman–Crippen LogP) is 1.73. The molecule has 2 rings (SSSR count). The third-order valence-corrected chi connectivity index (χ3v) is 3.36. The lowest BCUT2D eigenvalue weighted by Gasteiger charge is -2.17. The van der Waals surface area contributed by atoms with E-state index in [9.17, 15) is 4.79 Å². The average molecular weight is 272 g/mol. The van der Waals surface area contributed by atoms with Gasteiger partial charge in [-0.1, -0.05) is 32.0 Å². The maximum atomic E-state index is 11.6. The average Bonchev–Trinajstić information content (AvgIpc) is 2.43. The minimum Gasteiger partial charge on any atom is -0.368 e. The zero-order chi connectivity index (χ0) is 14.7. The summed E-state index contributed by atoms with van der Waals surface area (Å²) in [6.45, 7) is 4.73. The molecule has 5 N–H and O–H groups in total. The van der Waals surface area contributed by atoms with Crippen LogP contribution in [0, 0.1) is 5.92 Å². The van der Waals surface area contributed by atoms with Gasteiger partial charge in [-0.15, -0.1) is 0 Å². The number of primary amides is 1. The first-order valence-electron chi connectivity index (χ1n) is 6.68. The van der Waals surface area contributed by atoms with Gasteiger partial charge in [0.1, 0.15) is 5.82 Å². The number of para-hydroxylation sites is 1. The molecular weight excluding hydrogens is 252 g/mol. The molecule has 5 heteroatoms. The molecule has 0 aliphatic carbocycles. The molecular formula is C15H20N4O. The molecule has 0 aliphatic rings. The van der Waals surface area contributed by atoms with Gasteiger partial charge in [0.2, 0.25) is 5.91 Å². The molecule has 1 amide bonds. The number of rotatable bonds is 5. The van der Waals surface area contributed by atoms with Gasteiger partial charge < -0.3 is 16.8 Å². The second-order valence-electron chi connectivity index (χ2n) is 5.23. The molecule has 106 valence electrons. The highest BCUT2D eigenvalue weighted by molar-refractivity contribution is 6.06. The van der Waals surface area contributed by atoms with Crippen LogP contribution in [0.15, 0.2) is 30.3 Å². The van der Waals surface area contributed by atoms with Crippen molar-refractivity contribution in [3.05, 3.63) is 35.9 Å². The van der Waals surface area contributed by atoms with E-state index in [0.29, 0.717) is 23.8 Å². The number of aromatic nitrogens is 1. The summed E-state index contributed by atoms with van der Waals surface area (Å²) in [5, 5.41) is 3.93. The van der Waals surface area contributed by atoms with E-state index in [1.807, 2.05) is 24.3 Å². The second kappa shape index (κ2) is 5.88. The van der Waals surface area contributed by atoms with Crippen LogP contribution >= 0.6 is 0 Å². The summed E-state index contributed by atoms with van der Waals surface area (Å²) >= 11 is 0. The first-order valence-corrected chi connectivity index (χ1v) is 6.68. The Labute approximate surface area is 118 Å². The van der Waals surface area contributed by atoms with Crippen LogP contribution in [-0.4, -0.2) is 23.5 Å². The Morgan fingerprint density at radius 3 is 2.70 bits per heavy atom. The minimum absolute atomic E-state index is 0.0281. The zero-order valence-electron chi connectivity index (χ0n) is 11.8. The molecule has 0 radical (unpaired) electrons. The summed E-state index contributed by atoms with van der Waals surface area (Å²) in [6.07, 6.45) is 0. The van der Waals surface area contributed by atoms with E-state index < -0.39 is 5.91 Å². The Hall–Kier alpha value is -2.14. The largest absolute Gasteiger partial charge is 0.368 e. The summed E-state index contributed by atoms with van der Waals surface area (Å²) < 4.78 is 0. The fourth-order valence-corrected chi connectivity index (χ4v) is 1.93. The van der Waals surface area contributed by atoms with Crippen LogP contribution in [0.25, 0.3) is 10.9 Å². The number of hydrogen-bond donors (Lipinski definition) is 3. The number of anilines is 1. The summed E-state index contributed by atoms with van der Waals surface area (Å²) in [5.74, 6) is 0.534. The van der Waals surface area contributed by atoms with E-state index in [4.69, 9.17) is 11.5 Å². The van der Waals surface area contributed by atoms with Crippen LogP contribution in [0.5, 0.6) is 0 Å². The maximum absolute atomic E-state index is 11.6. The third kappa shape index (κ3) is 3.05. The number of nitrogens with zero attached hydrogens (tertiary/aromatic N) is 1. The van der Waals surface area contributed by atoms with Crippen LogP contribution in [0.4, 0.5) is 5.82 Å².